The summed E-state index contributed by atoms with van der Waals surface area (Å²) in [5, 5.41) is 3.33. The third-order valence-electron chi connectivity index (χ3n) is 4.40. The molecule has 1 N–H and O–H groups in total. The Kier molecular flexibility index (Phi) is 8.19. The summed E-state index contributed by atoms with van der Waals surface area (Å²) in [6.45, 7) is 4.37. The summed E-state index contributed by atoms with van der Waals surface area (Å²) < 4.78 is 23.0. The SMILES string of the molecule is CC(C)C[C@H](NCc1ccc(OCCF)cc1)C(=O)OC1CCCC1. The Morgan fingerprint density at radius 2 is 1.92 bits per heavy atom. The first-order chi connectivity index (χ1) is 12.1. The Labute approximate surface area is 150 Å². The summed E-state index contributed by atoms with van der Waals surface area (Å²) in [6, 6.07) is 7.20. The molecule has 1 aliphatic carbocycles. The van der Waals surface area contributed by atoms with Gasteiger partial charge < -0.3 is 14.8 Å². The van der Waals surface area contributed by atoms with Crippen LogP contribution in [0.4, 0.5) is 4.39 Å². The van der Waals surface area contributed by atoms with Gasteiger partial charge >= 0.3 is 5.97 Å². The van der Waals surface area contributed by atoms with E-state index in [2.05, 4.69) is 19.2 Å². The second-order valence-electron chi connectivity index (χ2n) is 7.09. The summed E-state index contributed by atoms with van der Waals surface area (Å²) >= 11 is 0. The molecule has 0 aromatic heterocycles. The number of rotatable bonds is 10. The number of benzene rings is 1. The number of hydrogen-bond donors (Lipinski definition) is 1. The lowest BCUT2D eigenvalue weighted by Gasteiger charge is -2.22. The van der Waals surface area contributed by atoms with Gasteiger partial charge in [0.15, 0.2) is 0 Å². The molecule has 1 atom stereocenters. The maximum absolute atomic E-state index is 12.5. The highest BCUT2D eigenvalue weighted by Gasteiger charge is 2.25. The van der Waals surface area contributed by atoms with Crippen molar-refractivity contribution in [2.24, 2.45) is 5.92 Å². The Morgan fingerprint density at radius 1 is 1.24 bits per heavy atom. The molecule has 1 aromatic carbocycles. The highest BCUT2D eigenvalue weighted by Crippen LogP contribution is 2.22. The maximum Gasteiger partial charge on any atom is 0.323 e. The molecule has 0 bridgehead atoms. The van der Waals surface area contributed by atoms with E-state index in [0.717, 1.165) is 37.7 Å². The third-order valence-corrected chi connectivity index (χ3v) is 4.40. The molecule has 2 rings (SSSR count). The van der Waals surface area contributed by atoms with Gasteiger partial charge in [-0.3, -0.25) is 4.79 Å². The van der Waals surface area contributed by atoms with Crippen molar-refractivity contribution in [1.29, 1.82) is 0 Å². The second-order valence-corrected chi connectivity index (χ2v) is 7.09. The predicted octanol–water partition coefficient (Wildman–Crippen LogP) is 4.03. The van der Waals surface area contributed by atoms with Crippen LogP contribution >= 0.6 is 0 Å². The molecule has 0 amide bonds. The minimum atomic E-state index is -0.497. The fraction of sp³-hybridized carbons (Fsp3) is 0.650. The van der Waals surface area contributed by atoms with Crippen molar-refractivity contribution in [3.8, 4) is 5.75 Å². The van der Waals surface area contributed by atoms with Gasteiger partial charge in [-0.2, -0.15) is 0 Å². The van der Waals surface area contributed by atoms with E-state index in [0.29, 0.717) is 18.2 Å². The predicted molar refractivity (Wildman–Crippen MR) is 96.3 cm³/mol. The summed E-state index contributed by atoms with van der Waals surface area (Å²) in [5.74, 6) is 0.925. The van der Waals surface area contributed by atoms with E-state index in [1.54, 1.807) is 0 Å². The van der Waals surface area contributed by atoms with Crippen LogP contribution in [0, 0.1) is 5.92 Å². The summed E-state index contributed by atoms with van der Waals surface area (Å²) in [7, 11) is 0. The van der Waals surface area contributed by atoms with Gasteiger partial charge in [0, 0.05) is 6.54 Å². The average molecular weight is 351 g/mol. The molecule has 0 aliphatic heterocycles. The highest BCUT2D eigenvalue weighted by molar-refractivity contribution is 5.76. The van der Waals surface area contributed by atoms with Crippen molar-refractivity contribution < 1.29 is 18.7 Å². The lowest BCUT2D eigenvalue weighted by atomic mass is 10.0. The van der Waals surface area contributed by atoms with Crippen LogP contribution in [0.2, 0.25) is 0 Å². The molecule has 4 nitrogen and oxygen atoms in total. The standard InChI is InChI=1S/C20H30FNO3/c1-15(2)13-19(20(23)25-18-5-3-4-6-18)22-14-16-7-9-17(10-8-16)24-12-11-21/h7-10,15,18-19,22H,3-6,11-14H2,1-2H3/t19-/m0/s1. The van der Waals surface area contributed by atoms with Crippen LogP contribution in [0.25, 0.3) is 0 Å². The molecule has 25 heavy (non-hydrogen) atoms. The normalized spacial score (nSPS) is 16.2. The first kappa shape index (κ1) is 19.7. The van der Waals surface area contributed by atoms with Gasteiger partial charge in [0.2, 0.25) is 0 Å². The van der Waals surface area contributed by atoms with Crippen LogP contribution in [0.1, 0.15) is 51.5 Å². The average Bonchev–Trinajstić information content (AvgIpc) is 3.10. The summed E-state index contributed by atoms with van der Waals surface area (Å²) in [5.41, 5.74) is 1.05. The van der Waals surface area contributed by atoms with Gasteiger partial charge in [-0.1, -0.05) is 26.0 Å². The van der Waals surface area contributed by atoms with Gasteiger partial charge in [0.1, 0.15) is 31.2 Å². The minimum Gasteiger partial charge on any atom is -0.491 e. The number of carbonyl (C=O) groups is 1. The van der Waals surface area contributed by atoms with Crippen LogP contribution in [0.3, 0.4) is 0 Å². The van der Waals surface area contributed by atoms with Crippen molar-refractivity contribution in [1.82, 2.24) is 5.32 Å². The number of carbonyl (C=O) groups excluding carboxylic acids is 1. The topological polar surface area (TPSA) is 47.6 Å². The largest absolute Gasteiger partial charge is 0.491 e. The molecule has 1 saturated carbocycles. The van der Waals surface area contributed by atoms with Crippen molar-refractivity contribution in [2.75, 3.05) is 13.3 Å². The van der Waals surface area contributed by atoms with Gasteiger partial charge in [0.05, 0.1) is 0 Å². The van der Waals surface area contributed by atoms with Gasteiger partial charge in [-0.25, -0.2) is 4.39 Å². The number of halogens is 1. The smallest absolute Gasteiger partial charge is 0.323 e. The number of alkyl halides is 1. The fourth-order valence-electron chi connectivity index (χ4n) is 3.09. The molecule has 1 fully saturated rings. The number of esters is 1. The van der Waals surface area contributed by atoms with Gasteiger partial charge in [0.25, 0.3) is 0 Å². The molecule has 0 spiro atoms. The van der Waals surface area contributed by atoms with E-state index in [1.807, 2.05) is 24.3 Å². The fourth-order valence-corrected chi connectivity index (χ4v) is 3.09. The number of nitrogens with one attached hydrogen (secondary N) is 1. The molecule has 1 aliphatic rings. The molecular formula is C20H30FNO3. The van der Waals surface area contributed by atoms with Crippen molar-refractivity contribution in [3.05, 3.63) is 29.8 Å². The zero-order valence-corrected chi connectivity index (χ0v) is 15.3. The van der Waals surface area contributed by atoms with Crippen LogP contribution in [0.5, 0.6) is 5.75 Å². The van der Waals surface area contributed by atoms with E-state index in [-0.39, 0.29) is 24.7 Å². The van der Waals surface area contributed by atoms with Gasteiger partial charge in [-0.15, -0.1) is 0 Å². The van der Waals surface area contributed by atoms with Crippen LogP contribution < -0.4 is 10.1 Å². The highest BCUT2D eigenvalue weighted by atomic mass is 19.1. The first-order valence-corrected chi connectivity index (χ1v) is 9.30. The van der Waals surface area contributed by atoms with E-state index < -0.39 is 6.67 Å². The first-order valence-electron chi connectivity index (χ1n) is 9.30. The zero-order chi connectivity index (χ0) is 18.1. The molecular weight excluding hydrogens is 321 g/mol. The van der Waals surface area contributed by atoms with E-state index in [4.69, 9.17) is 9.47 Å². The minimum absolute atomic E-state index is 0.0705. The quantitative estimate of drug-likeness (QED) is 0.647. The van der Waals surface area contributed by atoms with Crippen molar-refractivity contribution in [2.45, 2.75) is 64.6 Å². The third kappa shape index (κ3) is 7.02. The van der Waals surface area contributed by atoms with Crippen LogP contribution in [0.15, 0.2) is 24.3 Å². The van der Waals surface area contributed by atoms with E-state index in [9.17, 15) is 9.18 Å². The molecule has 0 heterocycles. The van der Waals surface area contributed by atoms with E-state index >= 15 is 0 Å². The molecule has 0 unspecified atom stereocenters. The lowest BCUT2D eigenvalue weighted by Crippen LogP contribution is -2.40. The molecule has 140 valence electrons. The Bertz CT molecular complexity index is 512. The van der Waals surface area contributed by atoms with Crippen molar-refractivity contribution >= 4 is 5.97 Å². The molecule has 0 radical (unpaired) electrons. The van der Waals surface area contributed by atoms with E-state index in [1.165, 1.54) is 0 Å². The summed E-state index contributed by atoms with van der Waals surface area (Å²) in [6.07, 6.45) is 5.12. The Balaban J connectivity index is 1.86. The monoisotopic (exact) mass is 351 g/mol. The molecule has 1 aromatic rings. The van der Waals surface area contributed by atoms with Crippen LogP contribution in [-0.2, 0) is 16.1 Å². The zero-order valence-electron chi connectivity index (χ0n) is 15.3. The Morgan fingerprint density at radius 3 is 2.52 bits per heavy atom. The van der Waals surface area contributed by atoms with Crippen LogP contribution in [-0.4, -0.2) is 31.4 Å². The molecule has 0 saturated heterocycles. The van der Waals surface area contributed by atoms with Crippen molar-refractivity contribution in [3.63, 3.8) is 0 Å². The number of ether oxygens (including phenoxy) is 2. The number of hydrogen-bond acceptors (Lipinski definition) is 4. The summed E-state index contributed by atoms with van der Waals surface area (Å²) in [4.78, 5) is 12.5. The van der Waals surface area contributed by atoms with Gasteiger partial charge in [-0.05, 0) is 55.7 Å². The maximum atomic E-state index is 12.5. The Hall–Kier alpha value is -1.62. The molecule has 5 heteroatoms. The lowest BCUT2D eigenvalue weighted by molar-refractivity contribution is -0.151. The second kappa shape index (κ2) is 10.4.